The Morgan fingerprint density at radius 3 is 2.61 bits per heavy atom. The van der Waals surface area contributed by atoms with Crippen LogP contribution in [-0.4, -0.2) is 0 Å². The predicted molar refractivity (Wildman–Crippen MR) is 85.6 cm³/mol. The summed E-state index contributed by atoms with van der Waals surface area (Å²) in [6.45, 7) is 0. The molecule has 2 aromatic rings. The molecule has 3 rings (SSSR count). The first kappa shape index (κ1) is 12.9. The van der Waals surface area contributed by atoms with Gasteiger partial charge in [-0.25, -0.2) is 0 Å². The molecule has 0 fully saturated rings. The van der Waals surface area contributed by atoms with Gasteiger partial charge in [-0.15, -0.1) is 11.3 Å². The van der Waals surface area contributed by atoms with Gasteiger partial charge in [-0.05, 0) is 64.4 Å². The molecule has 2 atom stereocenters. The molecule has 1 aromatic heterocycles. The van der Waals surface area contributed by atoms with Crippen LogP contribution in [0, 0.1) is 5.92 Å². The van der Waals surface area contributed by atoms with Gasteiger partial charge >= 0.3 is 0 Å². The van der Waals surface area contributed by atoms with Crippen molar-refractivity contribution in [1.82, 2.24) is 0 Å². The topological polar surface area (TPSA) is 0 Å². The molecule has 2 unspecified atom stereocenters. The van der Waals surface area contributed by atoms with E-state index in [0.717, 1.165) is 0 Å². The maximum absolute atomic E-state index is 3.90. The number of fused-ring (bicyclic) bond motifs is 1. The lowest BCUT2D eigenvalue weighted by Gasteiger charge is -2.27. The Bertz CT molecular complexity index is 547. The van der Waals surface area contributed by atoms with Gasteiger partial charge in [0, 0.05) is 4.88 Å². The van der Waals surface area contributed by atoms with E-state index in [9.17, 15) is 0 Å². The van der Waals surface area contributed by atoms with Crippen LogP contribution >= 0.6 is 43.2 Å². The summed E-state index contributed by atoms with van der Waals surface area (Å²) in [6, 6.07) is 13.2. The number of halogens is 2. The van der Waals surface area contributed by atoms with Crippen LogP contribution in [-0.2, 0) is 12.8 Å². The van der Waals surface area contributed by atoms with E-state index in [1.807, 2.05) is 11.3 Å². The molecule has 0 bridgehead atoms. The lowest BCUT2D eigenvalue weighted by atomic mass is 9.82. The van der Waals surface area contributed by atoms with E-state index < -0.39 is 0 Å². The fourth-order valence-electron chi connectivity index (χ4n) is 2.68. The summed E-state index contributed by atoms with van der Waals surface area (Å²) in [5.41, 5.74) is 3.08. The van der Waals surface area contributed by atoms with Crippen molar-refractivity contribution in [3.8, 4) is 0 Å². The van der Waals surface area contributed by atoms with E-state index in [1.165, 1.54) is 33.5 Å². The Hall–Kier alpha value is -0.120. The van der Waals surface area contributed by atoms with Gasteiger partial charge in [-0.1, -0.05) is 40.2 Å². The van der Waals surface area contributed by atoms with Gasteiger partial charge in [0.15, 0.2) is 0 Å². The normalized spacial score (nSPS) is 20.4. The van der Waals surface area contributed by atoms with Gasteiger partial charge in [0.2, 0.25) is 0 Å². The fraction of sp³-hybridized carbons (Fsp3) is 0.333. The monoisotopic (exact) mass is 384 g/mol. The number of hydrogen-bond donors (Lipinski definition) is 0. The smallest absolute Gasteiger partial charge is 0.0701 e. The Kier molecular flexibility index (Phi) is 3.92. The maximum Gasteiger partial charge on any atom is 0.0701 e. The average Bonchev–Trinajstić information content (AvgIpc) is 2.84. The van der Waals surface area contributed by atoms with Crippen LogP contribution in [0.2, 0.25) is 0 Å². The molecule has 94 valence electrons. The summed E-state index contributed by atoms with van der Waals surface area (Å²) in [6.07, 6.45) is 3.69. The molecule has 1 aliphatic carbocycles. The highest BCUT2D eigenvalue weighted by Crippen LogP contribution is 2.42. The second kappa shape index (κ2) is 5.48. The standard InChI is InChI=1S/C15H14Br2S/c16-14-8-7-13(18-14)15(17)12-6-5-10-3-1-2-4-11(10)9-12/h1-4,7-8,12,15H,5-6,9H2. The van der Waals surface area contributed by atoms with Crippen LogP contribution in [0.25, 0.3) is 0 Å². The first-order valence-corrected chi connectivity index (χ1v) is 8.72. The van der Waals surface area contributed by atoms with Crippen molar-refractivity contribution in [3.05, 3.63) is 56.2 Å². The Morgan fingerprint density at radius 2 is 1.89 bits per heavy atom. The quantitative estimate of drug-likeness (QED) is 0.577. The van der Waals surface area contributed by atoms with Crippen molar-refractivity contribution in [2.24, 2.45) is 5.92 Å². The summed E-state index contributed by atoms with van der Waals surface area (Å²) in [5.74, 6) is 0.713. The zero-order valence-corrected chi connectivity index (χ0v) is 13.9. The van der Waals surface area contributed by atoms with E-state index in [2.05, 4.69) is 68.3 Å². The Labute approximate surface area is 129 Å². The summed E-state index contributed by atoms with van der Waals surface area (Å²) < 4.78 is 1.22. The van der Waals surface area contributed by atoms with Crippen molar-refractivity contribution < 1.29 is 0 Å². The van der Waals surface area contributed by atoms with Gasteiger partial charge in [0.25, 0.3) is 0 Å². The van der Waals surface area contributed by atoms with E-state index in [4.69, 9.17) is 0 Å². The molecule has 0 aliphatic heterocycles. The van der Waals surface area contributed by atoms with Crippen molar-refractivity contribution in [3.63, 3.8) is 0 Å². The number of benzene rings is 1. The molecule has 3 heteroatoms. The van der Waals surface area contributed by atoms with Gasteiger partial charge in [0.1, 0.15) is 0 Å². The molecule has 0 amide bonds. The number of hydrogen-bond acceptors (Lipinski definition) is 1. The van der Waals surface area contributed by atoms with Gasteiger partial charge in [0.05, 0.1) is 8.61 Å². The minimum absolute atomic E-state index is 0.488. The molecule has 18 heavy (non-hydrogen) atoms. The third kappa shape index (κ3) is 2.59. The SMILES string of the molecule is Brc1ccc(C(Br)C2CCc3ccccc3C2)s1. The van der Waals surface area contributed by atoms with E-state index in [1.54, 1.807) is 5.56 Å². The average molecular weight is 386 g/mol. The number of aryl methyl sites for hydroxylation is 1. The fourth-order valence-corrected chi connectivity index (χ4v) is 5.06. The number of thiophene rings is 1. The predicted octanol–water partition coefficient (Wildman–Crippen LogP) is 5.75. The molecule has 1 aliphatic rings. The second-order valence-electron chi connectivity index (χ2n) is 4.82. The minimum Gasteiger partial charge on any atom is -0.132 e. The lowest BCUT2D eigenvalue weighted by molar-refractivity contribution is 0.456. The zero-order chi connectivity index (χ0) is 12.5. The van der Waals surface area contributed by atoms with E-state index in [-0.39, 0.29) is 0 Å². The van der Waals surface area contributed by atoms with Crippen LogP contribution in [0.15, 0.2) is 40.2 Å². The molecular formula is C15H14Br2S. The van der Waals surface area contributed by atoms with Gasteiger partial charge in [-0.2, -0.15) is 0 Å². The molecule has 0 N–H and O–H groups in total. The third-order valence-corrected chi connectivity index (χ3v) is 6.92. The van der Waals surface area contributed by atoms with Crippen LogP contribution in [0.4, 0.5) is 0 Å². The van der Waals surface area contributed by atoms with Crippen molar-refractivity contribution in [2.75, 3.05) is 0 Å². The van der Waals surface area contributed by atoms with E-state index >= 15 is 0 Å². The Balaban J connectivity index is 1.79. The van der Waals surface area contributed by atoms with Crippen LogP contribution in [0.1, 0.15) is 27.3 Å². The first-order chi connectivity index (χ1) is 8.74. The minimum atomic E-state index is 0.488. The first-order valence-electron chi connectivity index (χ1n) is 6.20. The summed E-state index contributed by atoms with van der Waals surface area (Å²) >= 11 is 9.29. The zero-order valence-electron chi connectivity index (χ0n) is 9.90. The van der Waals surface area contributed by atoms with Crippen molar-refractivity contribution in [2.45, 2.75) is 24.1 Å². The summed E-state index contributed by atoms with van der Waals surface area (Å²) in [7, 11) is 0. The van der Waals surface area contributed by atoms with Gasteiger partial charge in [-0.3, -0.25) is 0 Å². The molecule has 1 heterocycles. The van der Waals surface area contributed by atoms with Gasteiger partial charge < -0.3 is 0 Å². The Morgan fingerprint density at radius 1 is 1.11 bits per heavy atom. The molecule has 0 saturated heterocycles. The third-order valence-electron chi connectivity index (χ3n) is 3.66. The number of rotatable bonds is 2. The molecule has 0 spiro atoms. The molecule has 0 radical (unpaired) electrons. The highest BCUT2D eigenvalue weighted by Gasteiger charge is 2.26. The lowest BCUT2D eigenvalue weighted by Crippen LogP contribution is -2.17. The maximum atomic E-state index is 3.90. The summed E-state index contributed by atoms with van der Waals surface area (Å²) in [5, 5.41) is 0. The van der Waals surface area contributed by atoms with Crippen molar-refractivity contribution in [1.29, 1.82) is 0 Å². The molecule has 1 aromatic carbocycles. The second-order valence-corrected chi connectivity index (χ2v) is 8.30. The van der Waals surface area contributed by atoms with Crippen LogP contribution in [0.5, 0.6) is 0 Å². The summed E-state index contributed by atoms with van der Waals surface area (Å²) in [4.78, 5) is 1.92. The molecule has 0 nitrogen and oxygen atoms in total. The van der Waals surface area contributed by atoms with Crippen LogP contribution in [0.3, 0.4) is 0 Å². The highest BCUT2D eigenvalue weighted by atomic mass is 79.9. The van der Waals surface area contributed by atoms with E-state index in [0.29, 0.717) is 10.7 Å². The largest absolute Gasteiger partial charge is 0.132 e. The van der Waals surface area contributed by atoms with Crippen LogP contribution < -0.4 is 0 Å². The molecular weight excluding hydrogens is 372 g/mol. The highest BCUT2D eigenvalue weighted by molar-refractivity contribution is 9.11. The van der Waals surface area contributed by atoms with Crippen molar-refractivity contribution >= 4 is 43.2 Å². The number of alkyl halides is 1. The molecule has 0 saturated carbocycles.